The van der Waals surface area contributed by atoms with E-state index < -0.39 is 0 Å². The van der Waals surface area contributed by atoms with E-state index in [0.29, 0.717) is 12.1 Å². The molecule has 0 spiro atoms. The van der Waals surface area contributed by atoms with Crippen LogP contribution in [0.2, 0.25) is 0 Å². The molecule has 0 aromatic heterocycles. The van der Waals surface area contributed by atoms with Crippen molar-refractivity contribution >= 4 is 0 Å². The van der Waals surface area contributed by atoms with Crippen molar-refractivity contribution in [3.8, 4) is 0 Å². The molecule has 1 unspecified atom stereocenters. The minimum atomic E-state index is 0.609. The van der Waals surface area contributed by atoms with Gasteiger partial charge in [0, 0.05) is 25.3 Å². The van der Waals surface area contributed by atoms with Gasteiger partial charge in [-0.15, -0.1) is 0 Å². The molecule has 1 saturated heterocycles. The first-order valence-electron chi connectivity index (χ1n) is 4.63. The fourth-order valence-electron chi connectivity index (χ4n) is 1.54. The van der Waals surface area contributed by atoms with Crippen LogP contribution in [-0.4, -0.2) is 25.3 Å². The molecular weight excluding hydrogens is 138 g/mol. The van der Waals surface area contributed by atoms with Gasteiger partial charge in [0.2, 0.25) is 0 Å². The lowest BCUT2D eigenvalue weighted by Gasteiger charge is -2.18. The summed E-state index contributed by atoms with van der Waals surface area (Å²) in [5.74, 6) is 0. The highest BCUT2D eigenvalue weighted by Crippen LogP contribution is 2.08. The van der Waals surface area contributed by atoms with E-state index in [2.05, 4.69) is 19.2 Å². The molecule has 1 atom stereocenters. The lowest BCUT2D eigenvalue weighted by atomic mass is 10.1. The van der Waals surface area contributed by atoms with Crippen LogP contribution >= 0.6 is 0 Å². The fourth-order valence-corrected chi connectivity index (χ4v) is 1.54. The molecule has 0 aliphatic carbocycles. The first-order chi connectivity index (χ1) is 5.29. The SMILES string of the molecule is CC(C)NC1CCCOCC1. The summed E-state index contributed by atoms with van der Waals surface area (Å²) >= 11 is 0. The molecule has 1 fully saturated rings. The maximum absolute atomic E-state index is 5.37. The first kappa shape index (κ1) is 9.01. The quantitative estimate of drug-likeness (QED) is 0.656. The summed E-state index contributed by atoms with van der Waals surface area (Å²) in [6.45, 7) is 6.29. The molecule has 2 nitrogen and oxygen atoms in total. The van der Waals surface area contributed by atoms with Gasteiger partial charge in [0.15, 0.2) is 0 Å². The Hall–Kier alpha value is -0.0800. The molecule has 0 bridgehead atoms. The third-order valence-electron chi connectivity index (χ3n) is 2.02. The second-order valence-corrected chi connectivity index (χ2v) is 3.56. The van der Waals surface area contributed by atoms with Gasteiger partial charge in [-0.25, -0.2) is 0 Å². The van der Waals surface area contributed by atoms with Crippen molar-refractivity contribution in [2.24, 2.45) is 0 Å². The van der Waals surface area contributed by atoms with Gasteiger partial charge < -0.3 is 10.1 Å². The van der Waals surface area contributed by atoms with Crippen LogP contribution in [0.25, 0.3) is 0 Å². The minimum Gasteiger partial charge on any atom is -0.381 e. The minimum absolute atomic E-state index is 0.609. The van der Waals surface area contributed by atoms with E-state index in [0.717, 1.165) is 13.2 Å². The van der Waals surface area contributed by atoms with Crippen molar-refractivity contribution in [3.05, 3.63) is 0 Å². The lowest BCUT2D eigenvalue weighted by molar-refractivity contribution is 0.142. The molecule has 0 saturated carbocycles. The second kappa shape index (κ2) is 4.73. The molecule has 1 N–H and O–H groups in total. The predicted octanol–water partition coefficient (Wildman–Crippen LogP) is 1.55. The highest BCUT2D eigenvalue weighted by molar-refractivity contribution is 4.70. The molecule has 0 radical (unpaired) electrons. The Labute approximate surface area is 69.3 Å². The summed E-state index contributed by atoms with van der Waals surface area (Å²) in [6, 6.07) is 1.30. The summed E-state index contributed by atoms with van der Waals surface area (Å²) in [4.78, 5) is 0. The summed E-state index contributed by atoms with van der Waals surface area (Å²) < 4.78 is 5.37. The molecule has 66 valence electrons. The van der Waals surface area contributed by atoms with Crippen LogP contribution in [0.3, 0.4) is 0 Å². The third-order valence-corrected chi connectivity index (χ3v) is 2.02. The average molecular weight is 157 g/mol. The van der Waals surface area contributed by atoms with Gasteiger partial charge >= 0.3 is 0 Å². The van der Waals surface area contributed by atoms with Crippen molar-refractivity contribution in [1.29, 1.82) is 0 Å². The Balaban J connectivity index is 2.20. The van der Waals surface area contributed by atoms with Gasteiger partial charge in [-0.1, -0.05) is 13.8 Å². The Morgan fingerprint density at radius 2 is 2.09 bits per heavy atom. The molecule has 0 aromatic carbocycles. The zero-order valence-electron chi connectivity index (χ0n) is 7.60. The Bertz CT molecular complexity index is 95.7. The normalized spacial score (nSPS) is 27.0. The number of hydrogen-bond donors (Lipinski definition) is 1. The van der Waals surface area contributed by atoms with E-state index in [4.69, 9.17) is 4.74 Å². The standard InChI is InChI=1S/C9H19NO/c1-8(2)10-9-4-3-6-11-7-5-9/h8-10H,3-7H2,1-2H3. The Morgan fingerprint density at radius 3 is 2.82 bits per heavy atom. The average Bonchev–Trinajstić information content (AvgIpc) is 2.14. The molecule has 1 aliphatic rings. The summed E-state index contributed by atoms with van der Waals surface area (Å²) in [5.41, 5.74) is 0. The number of ether oxygens (including phenoxy) is 1. The van der Waals surface area contributed by atoms with Gasteiger partial charge in [0.25, 0.3) is 0 Å². The molecule has 1 rings (SSSR count). The summed E-state index contributed by atoms with van der Waals surface area (Å²) in [5, 5.41) is 3.54. The van der Waals surface area contributed by atoms with Crippen molar-refractivity contribution in [3.63, 3.8) is 0 Å². The van der Waals surface area contributed by atoms with Gasteiger partial charge in [-0.2, -0.15) is 0 Å². The van der Waals surface area contributed by atoms with Crippen LogP contribution < -0.4 is 5.32 Å². The maximum Gasteiger partial charge on any atom is 0.0480 e. The third kappa shape index (κ3) is 3.73. The molecule has 0 amide bonds. The zero-order valence-corrected chi connectivity index (χ0v) is 7.60. The molecule has 0 aromatic rings. The van der Waals surface area contributed by atoms with Crippen LogP contribution in [0.4, 0.5) is 0 Å². The van der Waals surface area contributed by atoms with Crippen LogP contribution in [0, 0.1) is 0 Å². The molecule has 1 heterocycles. The second-order valence-electron chi connectivity index (χ2n) is 3.56. The fraction of sp³-hybridized carbons (Fsp3) is 1.00. The summed E-state index contributed by atoms with van der Waals surface area (Å²) in [6.07, 6.45) is 3.67. The smallest absolute Gasteiger partial charge is 0.0480 e. The van der Waals surface area contributed by atoms with Crippen LogP contribution in [-0.2, 0) is 4.74 Å². The van der Waals surface area contributed by atoms with E-state index in [1.807, 2.05) is 0 Å². The van der Waals surface area contributed by atoms with Gasteiger partial charge in [-0.05, 0) is 19.3 Å². The van der Waals surface area contributed by atoms with Crippen molar-refractivity contribution in [2.75, 3.05) is 13.2 Å². The van der Waals surface area contributed by atoms with Crippen LogP contribution in [0.1, 0.15) is 33.1 Å². The lowest BCUT2D eigenvalue weighted by Crippen LogP contribution is -2.34. The predicted molar refractivity (Wildman–Crippen MR) is 46.7 cm³/mol. The van der Waals surface area contributed by atoms with E-state index in [1.54, 1.807) is 0 Å². The topological polar surface area (TPSA) is 21.3 Å². The van der Waals surface area contributed by atoms with Gasteiger partial charge in [0.1, 0.15) is 0 Å². The Kier molecular flexibility index (Phi) is 3.87. The van der Waals surface area contributed by atoms with E-state index in [-0.39, 0.29) is 0 Å². The Morgan fingerprint density at radius 1 is 1.27 bits per heavy atom. The van der Waals surface area contributed by atoms with E-state index >= 15 is 0 Å². The maximum atomic E-state index is 5.37. The summed E-state index contributed by atoms with van der Waals surface area (Å²) in [7, 11) is 0. The number of rotatable bonds is 2. The molecule has 1 aliphatic heterocycles. The van der Waals surface area contributed by atoms with Gasteiger partial charge in [0.05, 0.1) is 0 Å². The van der Waals surface area contributed by atoms with E-state index in [9.17, 15) is 0 Å². The monoisotopic (exact) mass is 157 g/mol. The van der Waals surface area contributed by atoms with Crippen LogP contribution in [0.15, 0.2) is 0 Å². The van der Waals surface area contributed by atoms with Crippen molar-refractivity contribution in [1.82, 2.24) is 5.32 Å². The first-order valence-corrected chi connectivity index (χ1v) is 4.63. The number of hydrogen-bond acceptors (Lipinski definition) is 2. The van der Waals surface area contributed by atoms with Crippen molar-refractivity contribution in [2.45, 2.75) is 45.2 Å². The number of nitrogens with one attached hydrogen (secondary N) is 1. The molecular formula is C9H19NO. The highest BCUT2D eigenvalue weighted by atomic mass is 16.5. The van der Waals surface area contributed by atoms with Crippen LogP contribution in [0.5, 0.6) is 0 Å². The van der Waals surface area contributed by atoms with Gasteiger partial charge in [-0.3, -0.25) is 0 Å². The highest BCUT2D eigenvalue weighted by Gasteiger charge is 2.11. The molecule has 2 heteroatoms. The van der Waals surface area contributed by atoms with Crippen molar-refractivity contribution < 1.29 is 4.74 Å². The zero-order chi connectivity index (χ0) is 8.10. The largest absolute Gasteiger partial charge is 0.381 e. The molecule has 11 heavy (non-hydrogen) atoms. The van der Waals surface area contributed by atoms with E-state index in [1.165, 1.54) is 19.3 Å².